The lowest BCUT2D eigenvalue weighted by atomic mass is 10.1. The molecule has 33 heavy (non-hydrogen) atoms. The van der Waals surface area contributed by atoms with Crippen molar-refractivity contribution >= 4 is 31.5 Å². The Bertz CT molecular complexity index is 1180. The van der Waals surface area contributed by atoms with E-state index in [4.69, 9.17) is 4.74 Å². The summed E-state index contributed by atoms with van der Waals surface area (Å²) in [5.74, 6) is -0.204. The van der Waals surface area contributed by atoms with E-state index in [0.29, 0.717) is 50.6 Å². The van der Waals surface area contributed by atoms with Crippen molar-refractivity contribution in [3.05, 3.63) is 54.1 Å². The van der Waals surface area contributed by atoms with Crippen molar-refractivity contribution in [3.8, 4) is 0 Å². The first-order valence-electron chi connectivity index (χ1n) is 10.8. The fourth-order valence-corrected chi connectivity index (χ4v) is 6.78. The monoisotopic (exact) mass is 493 g/mol. The Hall–Kier alpha value is -2.31. The molecule has 2 aliphatic heterocycles. The van der Waals surface area contributed by atoms with Crippen LogP contribution in [0.3, 0.4) is 0 Å². The molecule has 4 rings (SSSR count). The van der Waals surface area contributed by atoms with Crippen LogP contribution in [-0.2, 0) is 24.8 Å². The number of benzene rings is 2. The van der Waals surface area contributed by atoms with Crippen molar-refractivity contribution in [2.45, 2.75) is 22.6 Å². The smallest absolute Gasteiger partial charge is 0.243 e. The van der Waals surface area contributed by atoms with Gasteiger partial charge in [-0.15, -0.1) is 0 Å². The summed E-state index contributed by atoms with van der Waals surface area (Å²) in [6.45, 7) is 2.47. The first kappa shape index (κ1) is 23.8. The minimum atomic E-state index is -3.57. The van der Waals surface area contributed by atoms with Crippen LogP contribution < -0.4 is 5.32 Å². The highest BCUT2D eigenvalue weighted by atomic mass is 32.2. The van der Waals surface area contributed by atoms with Gasteiger partial charge in [-0.05, 0) is 61.4 Å². The molecule has 1 N–H and O–H groups in total. The Labute approximate surface area is 194 Å². The number of carbonyl (C=O) groups is 1. The van der Waals surface area contributed by atoms with Gasteiger partial charge < -0.3 is 10.1 Å². The summed E-state index contributed by atoms with van der Waals surface area (Å²) in [4.78, 5) is 12.9. The molecular weight excluding hydrogens is 466 g/mol. The number of sulfonamides is 2. The zero-order valence-electron chi connectivity index (χ0n) is 18.1. The minimum absolute atomic E-state index is 0.00617. The summed E-state index contributed by atoms with van der Waals surface area (Å²) in [6, 6.07) is 12.2. The van der Waals surface area contributed by atoms with E-state index in [2.05, 4.69) is 5.32 Å². The molecule has 0 aliphatic carbocycles. The number of anilines is 1. The van der Waals surface area contributed by atoms with E-state index in [1.54, 1.807) is 12.1 Å². The first-order chi connectivity index (χ1) is 15.8. The predicted octanol–water partition coefficient (Wildman–Crippen LogP) is 1.79. The highest BCUT2D eigenvalue weighted by Gasteiger charge is 2.27. The zero-order valence-corrected chi connectivity index (χ0v) is 19.8. The largest absolute Gasteiger partial charge is 0.379 e. The molecule has 2 aromatic rings. The quantitative estimate of drug-likeness (QED) is 0.558. The van der Waals surface area contributed by atoms with Crippen molar-refractivity contribution in [1.29, 1.82) is 0 Å². The van der Waals surface area contributed by atoms with Crippen LogP contribution in [0.1, 0.15) is 23.2 Å². The van der Waals surface area contributed by atoms with E-state index in [-0.39, 0.29) is 22.1 Å². The van der Waals surface area contributed by atoms with Gasteiger partial charge in [-0.2, -0.15) is 8.61 Å². The maximum Gasteiger partial charge on any atom is 0.243 e. The third kappa shape index (κ3) is 5.28. The SMILES string of the molecule is O=C(CNc1ccc(S(=O)(=O)N2CCOCC2)cc1)c1ccc(S(=O)(=O)N2CCCC2)cc1. The third-order valence-corrected chi connectivity index (χ3v) is 9.62. The molecular formula is C22H27N3O6S2. The molecule has 2 aliphatic rings. The number of ketones is 1. The van der Waals surface area contributed by atoms with Crippen LogP contribution in [0.15, 0.2) is 58.3 Å². The van der Waals surface area contributed by atoms with Crippen LogP contribution >= 0.6 is 0 Å². The Kier molecular flexibility index (Phi) is 7.15. The van der Waals surface area contributed by atoms with E-state index < -0.39 is 20.0 Å². The minimum Gasteiger partial charge on any atom is -0.379 e. The average Bonchev–Trinajstić information content (AvgIpc) is 3.39. The van der Waals surface area contributed by atoms with Crippen LogP contribution in [0.2, 0.25) is 0 Å². The van der Waals surface area contributed by atoms with Gasteiger partial charge in [0.05, 0.1) is 29.5 Å². The lowest BCUT2D eigenvalue weighted by Crippen LogP contribution is -2.40. The van der Waals surface area contributed by atoms with E-state index in [1.165, 1.54) is 45.0 Å². The van der Waals surface area contributed by atoms with Gasteiger partial charge in [-0.1, -0.05) is 0 Å². The number of nitrogens with one attached hydrogen (secondary N) is 1. The van der Waals surface area contributed by atoms with Gasteiger partial charge in [0.25, 0.3) is 0 Å². The number of hydrogen-bond acceptors (Lipinski definition) is 7. The number of Topliss-reactive ketones (excluding diaryl/α,β-unsaturated/α-hetero) is 1. The topological polar surface area (TPSA) is 113 Å². The Morgan fingerprint density at radius 3 is 1.79 bits per heavy atom. The molecule has 0 unspecified atom stereocenters. The molecule has 2 saturated heterocycles. The molecule has 0 atom stereocenters. The van der Waals surface area contributed by atoms with E-state index in [0.717, 1.165) is 12.8 Å². The molecule has 0 spiro atoms. The van der Waals surface area contributed by atoms with Crippen molar-refractivity contribution in [2.24, 2.45) is 0 Å². The molecule has 0 bridgehead atoms. The number of carbonyl (C=O) groups excluding carboxylic acids is 1. The van der Waals surface area contributed by atoms with Gasteiger partial charge in [0, 0.05) is 37.4 Å². The van der Waals surface area contributed by atoms with Crippen molar-refractivity contribution in [1.82, 2.24) is 8.61 Å². The van der Waals surface area contributed by atoms with Gasteiger partial charge in [0.1, 0.15) is 0 Å². The van der Waals surface area contributed by atoms with Crippen LogP contribution in [0.25, 0.3) is 0 Å². The molecule has 0 amide bonds. The van der Waals surface area contributed by atoms with E-state index in [9.17, 15) is 21.6 Å². The van der Waals surface area contributed by atoms with Gasteiger partial charge in [-0.3, -0.25) is 4.79 Å². The maximum atomic E-state index is 12.7. The summed E-state index contributed by atoms with van der Waals surface area (Å²) in [6.07, 6.45) is 1.73. The summed E-state index contributed by atoms with van der Waals surface area (Å²) in [5, 5.41) is 2.99. The van der Waals surface area contributed by atoms with Crippen LogP contribution in [0, 0.1) is 0 Å². The van der Waals surface area contributed by atoms with Crippen LogP contribution in [0.5, 0.6) is 0 Å². The Morgan fingerprint density at radius 1 is 0.758 bits per heavy atom. The number of rotatable bonds is 8. The van der Waals surface area contributed by atoms with Crippen LogP contribution in [-0.4, -0.2) is 77.2 Å². The second kappa shape index (κ2) is 9.90. The molecule has 0 aromatic heterocycles. The summed E-state index contributed by atoms with van der Waals surface area (Å²) in [5.41, 5.74) is 1.01. The second-order valence-corrected chi connectivity index (χ2v) is 11.8. The van der Waals surface area contributed by atoms with E-state index in [1.807, 2.05) is 0 Å². The van der Waals surface area contributed by atoms with Crippen LogP contribution in [0.4, 0.5) is 5.69 Å². The second-order valence-electron chi connectivity index (χ2n) is 7.95. The average molecular weight is 494 g/mol. The van der Waals surface area contributed by atoms with Gasteiger partial charge in [0.15, 0.2) is 5.78 Å². The van der Waals surface area contributed by atoms with Crippen molar-refractivity contribution in [2.75, 3.05) is 51.3 Å². The number of ether oxygens (including phenoxy) is 1. The van der Waals surface area contributed by atoms with Gasteiger partial charge in [0.2, 0.25) is 20.0 Å². The lowest BCUT2D eigenvalue weighted by molar-refractivity contribution is 0.0730. The maximum absolute atomic E-state index is 12.7. The molecule has 0 radical (unpaired) electrons. The molecule has 178 valence electrons. The Balaban J connectivity index is 1.36. The molecule has 11 heteroatoms. The fourth-order valence-electron chi connectivity index (χ4n) is 3.86. The Morgan fingerprint density at radius 2 is 1.24 bits per heavy atom. The molecule has 9 nitrogen and oxygen atoms in total. The molecule has 0 saturated carbocycles. The van der Waals surface area contributed by atoms with E-state index >= 15 is 0 Å². The fraction of sp³-hybridized carbons (Fsp3) is 0.409. The zero-order chi connectivity index (χ0) is 23.5. The first-order valence-corrected chi connectivity index (χ1v) is 13.7. The number of hydrogen-bond donors (Lipinski definition) is 1. The highest BCUT2D eigenvalue weighted by Crippen LogP contribution is 2.22. The standard InChI is InChI=1S/C22H27N3O6S2/c26-22(18-3-7-20(8-4-18)32(27,28)24-11-1-2-12-24)17-23-19-5-9-21(10-6-19)33(29,30)25-13-15-31-16-14-25/h3-10,23H,1-2,11-17H2. The summed E-state index contributed by atoms with van der Waals surface area (Å²) >= 11 is 0. The molecule has 2 aromatic carbocycles. The predicted molar refractivity (Wildman–Crippen MR) is 123 cm³/mol. The number of morpholine rings is 1. The lowest BCUT2D eigenvalue weighted by Gasteiger charge is -2.26. The summed E-state index contributed by atoms with van der Waals surface area (Å²) < 4.78 is 58.6. The number of nitrogens with zero attached hydrogens (tertiary/aromatic N) is 2. The third-order valence-electron chi connectivity index (χ3n) is 5.79. The molecule has 2 fully saturated rings. The molecule has 2 heterocycles. The normalized spacial score (nSPS) is 18.3. The van der Waals surface area contributed by atoms with Crippen molar-refractivity contribution in [3.63, 3.8) is 0 Å². The summed E-state index contributed by atoms with van der Waals surface area (Å²) in [7, 11) is -7.08. The van der Waals surface area contributed by atoms with Gasteiger partial charge in [-0.25, -0.2) is 16.8 Å². The van der Waals surface area contributed by atoms with Gasteiger partial charge >= 0.3 is 0 Å². The highest BCUT2D eigenvalue weighted by molar-refractivity contribution is 7.89. The van der Waals surface area contributed by atoms with Crippen molar-refractivity contribution < 1.29 is 26.4 Å².